The zero-order valence-corrected chi connectivity index (χ0v) is 19.9. The van der Waals surface area contributed by atoms with Crippen LogP contribution in [-0.2, 0) is 4.74 Å². The monoisotopic (exact) mass is 513 g/mol. The van der Waals surface area contributed by atoms with Crippen molar-refractivity contribution in [3.05, 3.63) is 46.7 Å². The molecule has 1 heterocycles. The van der Waals surface area contributed by atoms with E-state index in [2.05, 4.69) is 15.3 Å². The second-order valence-electron chi connectivity index (χ2n) is 7.27. The van der Waals surface area contributed by atoms with Gasteiger partial charge in [0.25, 0.3) is 0 Å². The predicted octanol–water partition coefficient (Wildman–Crippen LogP) is 2.16. The van der Waals surface area contributed by atoms with E-state index in [0.717, 1.165) is 0 Å². The van der Waals surface area contributed by atoms with E-state index in [1.807, 2.05) is 0 Å². The van der Waals surface area contributed by atoms with Crippen LogP contribution in [0.5, 0.6) is 11.5 Å². The van der Waals surface area contributed by atoms with Crippen molar-refractivity contribution in [1.82, 2.24) is 9.97 Å². The van der Waals surface area contributed by atoms with E-state index in [1.165, 1.54) is 20.5 Å². The number of aliphatic hydroxyl groups is 4. The van der Waals surface area contributed by atoms with E-state index in [0.29, 0.717) is 32.5 Å². The summed E-state index contributed by atoms with van der Waals surface area (Å²) in [5.41, 5.74) is 1.13. The maximum atomic E-state index is 10.5. The number of nitrogens with zero attached hydrogens (tertiary/aromatic N) is 2. The molecule has 0 aliphatic rings. The first kappa shape index (κ1) is 26.2. The zero-order valence-electron chi connectivity index (χ0n) is 18.4. The van der Waals surface area contributed by atoms with Crippen molar-refractivity contribution in [3.8, 4) is 11.5 Å². The first-order chi connectivity index (χ1) is 16.3. The van der Waals surface area contributed by atoms with Crippen molar-refractivity contribution in [2.45, 2.75) is 24.4 Å². The summed E-state index contributed by atoms with van der Waals surface area (Å²) >= 11 is 12.1. The van der Waals surface area contributed by atoms with Gasteiger partial charge in [0.15, 0.2) is 17.6 Å². The minimum atomic E-state index is -1.57. The van der Waals surface area contributed by atoms with Crippen LogP contribution >= 0.6 is 23.2 Å². The third-order valence-corrected chi connectivity index (χ3v) is 5.89. The molecular weight excluding hydrogens is 489 g/mol. The van der Waals surface area contributed by atoms with Gasteiger partial charge in [-0.15, -0.1) is 0 Å². The number of hydrogen-bond donors (Lipinski definition) is 5. The maximum Gasteiger partial charge on any atom is 0.164 e. The van der Waals surface area contributed by atoms with Gasteiger partial charge >= 0.3 is 0 Å². The molecular formula is C22H25Cl2N3O7. The molecule has 0 amide bonds. The average Bonchev–Trinajstić information content (AvgIpc) is 2.84. The SMILES string of the molecule is COc1cc2c(Nc3ccc(Cl)c(Cl)c3)ncnc2cc1O[C@@H](CO)[C@@H](O)[C@H](O)[C@H](CO)OC. The van der Waals surface area contributed by atoms with E-state index in [-0.39, 0.29) is 11.5 Å². The summed E-state index contributed by atoms with van der Waals surface area (Å²) in [6.07, 6.45) is -4.04. The van der Waals surface area contributed by atoms with Gasteiger partial charge in [-0.05, 0) is 24.3 Å². The van der Waals surface area contributed by atoms with Gasteiger partial charge in [-0.2, -0.15) is 0 Å². The average molecular weight is 514 g/mol. The van der Waals surface area contributed by atoms with Gasteiger partial charge in [0.1, 0.15) is 30.5 Å². The molecule has 1 aromatic heterocycles. The van der Waals surface area contributed by atoms with Gasteiger partial charge in [-0.25, -0.2) is 9.97 Å². The molecule has 5 N–H and O–H groups in total. The maximum absolute atomic E-state index is 10.5. The fraction of sp³-hybridized carbons (Fsp3) is 0.364. The lowest BCUT2D eigenvalue weighted by atomic mass is 10.0. The summed E-state index contributed by atoms with van der Waals surface area (Å²) in [7, 11) is 2.71. The van der Waals surface area contributed by atoms with Gasteiger partial charge < -0.3 is 40.0 Å². The van der Waals surface area contributed by atoms with Crippen LogP contribution in [0.1, 0.15) is 0 Å². The minimum absolute atomic E-state index is 0.164. The normalized spacial score (nSPS) is 14.9. The molecule has 3 aromatic rings. The number of methoxy groups -OCH3 is 2. The van der Waals surface area contributed by atoms with Crippen molar-refractivity contribution in [3.63, 3.8) is 0 Å². The number of ether oxygens (including phenoxy) is 3. The number of nitrogens with one attached hydrogen (secondary N) is 1. The largest absolute Gasteiger partial charge is 0.493 e. The second kappa shape index (κ2) is 11.8. The number of halogens is 2. The third kappa shape index (κ3) is 5.78. The van der Waals surface area contributed by atoms with Crippen LogP contribution < -0.4 is 14.8 Å². The Bertz CT molecular complexity index is 1120. The topological polar surface area (TPSA) is 146 Å². The molecule has 0 aliphatic heterocycles. The summed E-state index contributed by atoms with van der Waals surface area (Å²) in [6.45, 7) is -1.16. The smallest absolute Gasteiger partial charge is 0.164 e. The van der Waals surface area contributed by atoms with E-state index < -0.39 is 37.6 Å². The Morgan fingerprint density at radius 3 is 2.24 bits per heavy atom. The van der Waals surface area contributed by atoms with Crippen LogP contribution in [0.4, 0.5) is 11.5 Å². The van der Waals surface area contributed by atoms with Crippen LogP contribution in [0.25, 0.3) is 10.9 Å². The van der Waals surface area contributed by atoms with Crippen LogP contribution in [0.3, 0.4) is 0 Å². The summed E-state index contributed by atoms with van der Waals surface area (Å²) < 4.78 is 16.1. The fourth-order valence-corrected chi connectivity index (χ4v) is 3.56. The number of benzene rings is 2. The lowest BCUT2D eigenvalue weighted by Crippen LogP contribution is -2.49. The Morgan fingerprint density at radius 2 is 1.62 bits per heavy atom. The molecule has 4 atom stereocenters. The quantitative estimate of drug-likeness (QED) is 0.258. The van der Waals surface area contributed by atoms with Crippen LogP contribution in [0, 0.1) is 0 Å². The molecule has 0 unspecified atom stereocenters. The highest BCUT2D eigenvalue weighted by Gasteiger charge is 2.34. The summed E-state index contributed by atoms with van der Waals surface area (Å²) in [5.74, 6) is 0.899. The van der Waals surface area contributed by atoms with Crippen molar-refractivity contribution in [2.24, 2.45) is 0 Å². The van der Waals surface area contributed by atoms with Crippen molar-refractivity contribution in [2.75, 3.05) is 32.8 Å². The van der Waals surface area contributed by atoms with Crippen LogP contribution in [0.2, 0.25) is 10.0 Å². The molecule has 0 aliphatic carbocycles. The molecule has 184 valence electrons. The van der Waals surface area contributed by atoms with E-state index in [9.17, 15) is 20.4 Å². The fourth-order valence-electron chi connectivity index (χ4n) is 3.27. The standard InChI is InChI=1S/C22H25Cl2N3O7/c1-32-16-6-12-15(25-10-26-22(12)27-11-3-4-13(23)14(24)5-11)7-17(16)34-19(9-29)21(31)20(30)18(8-28)33-2/h3-7,10,18-21,28-31H,8-9H2,1-2H3,(H,25,26,27)/t18-,19-,20+,21+/m0/s1. The van der Waals surface area contributed by atoms with Crippen molar-refractivity contribution >= 4 is 45.6 Å². The molecule has 0 saturated carbocycles. The van der Waals surface area contributed by atoms with Gasteiger partial charge in [0, 0.05) is 24.2 Å². The van der Waals surface area contributed by atoms with Crippen LogP contribution in [0.15, 0.2) is 36.7 Å². The highest BCUT2D eigenvalue weighted by molar-refractivity contribution is 6.42. The number of aromatic nitrogens is 2. The van der Waals surface area contributed by atoms with Gasteiger partial charge in [-0.3, -0.25) is 0 Å². The van der Waals surface area contributed by atoms with E-state index >= 15 is 0 Å². The Labute approximate surface area is 205 Å². The molecule has 34 heavy (non-hydrogen) atoms. The molecule has 10 nitrogen and oxygen atoms in total. The lowest BCUT2D eigenvalue weighted by Gasteiger charge is -2.30. The van der Waals surface area contributed by atoms with Crippen molar-refractivity contribution < 1.29 is 34.6 Å². The molecule has 0 radical (unpaired) electrons. The molecule has 0 spiro atoms. The number of hydrogen-bond acceptors (Lipinski definition) is 10. The van der Waals surface area contributed by atoms with Crippen molar-refractivity contribution in [1.29, 1.82) is 0 Å². The van der Waals surface area contributed by atoms with Gasteiger partial charge in [0.2, 0.25) is 0 Å². The Kier molecular flexibility index (Phi) is 9.09. The predicted molar refractivity (Wildman–Crippen MR) is 127 cm³/mol. The van der Waals surface area contributed by atoms with Gasteiger partial charge in [0.05, 0.1) is 35.9 Å². The molecule has 0 saturated heterocycles. The molecule has 3 rings (SSSR count). The second-order valence-corrected chi connectivity index (χ2v) is 8.09. The first-order valence-electron chi connectivity index (χ1n) is 10.1. The summed E-state index contributed by atoms with van der Waals surface area (Å²) in [5, 5.41) is 44.4. The molecule has 12 heteroatoms. The lowest BCUT2D eigenvalue weighted by molar-refractivity contribution is -0.127. The number of fused-ring (bicyclic) bond motifs is 1. The summed E-state index contributed by atoms with van der Waals surface area (Å²) in [6, 6.07) is 8.24. The Balaban J connectivity index is 1.92. The Morgan fingerprint density at radius 1 is 0.912 bits per heavy atom. The number of aliphatic hydroxyl groups excluding tert-OH is 4. The van der Waals surface area contributed by atoms with E-state index in [1.54, 1.807) is 30.3 Å². The van der Waals surface area contributed by atoms with Gasteiger partial charge in [-0.1, -0.05) is 23.2 Å². The molecule has 0 fully saturated rings. The highest BCUT2D eigenvalue weighted by atomic mass is 35.5. The first-order valence-corrected chi connectivity index (χ1v) is 10.9. The van der Waals surface area contributed by atoms with E-state index in [4.69, 9.17) is 37.4 Å². The van der Waals surface area contributed by atoms with Crippen LogP contribution in [-0.4, -0.2) is 82.2 Å². The molecule has 2 aromatic carbocycles. The summed E-state index contributed by atoms with van der Waals surface area (Å²) in [4.78, 5) is 8.54. The minimum Gasteiger partial charge on any atom is -0.493 e. The third-order valence-electron chi connectivity index (χ3n) is 5.16. The highest BCUT2D eigenvalue weighted by Crippen LogP contribution is 2.36. The Hall–Kier alpha value is -2.44. The zero-order chi connectivity index (χ0) is 24.8. The number of rotatable bonds is 11. The number of anilines is 2. The molecule has 0 bridgehead atoms.